The van der Waals surface area contributed by atoms with Crippen molar-refractivity contribution >= 4 is 5.91 Å². The molecule has 3 heteroatoms. The number of hydrogen-bond donors (Lipinski definition) is 2. The van der Waals surface area contributed by atoms with Crippen LogP contribution in [0.15, 0.2) is 0 Å². The molecular formula is C6H12N2O. The Balaban J connectivity index is 2.44. The van der Waals surface area contributed by atoms with Crippen molar-refractivity contribution in [1.82, 2.24) is 10.6 Å². The predicted octanol–water partition coefficient (Wildman–Crippen LogP) is -0.517. The Morgan fingerprint density at radius 1 is 1.56 bits per heavy atom. The Morgan fingerprint density at radius 2 is 2.22 bits per heavy atom. The maximum atomic E-state index is 10.8. The fourth-order valence-corrected chi connectivity index (χ4v) is 0.865. The van der Waals surface area contributed by atoms with Crippen LogP contribution in [0, 0.1) is 0 Å². The third-order valence-corrected chi connectivity index (χ3v) is 1.51. The van der Waals surface area contributed by atoms with Crippen molar-refractivity contribution in [3.8, 4) is 0 Å². The molecule has 2 atom stereocenters. The van der Waals surface area contributed by atoms with Gasteiger partial charge in [-0.25, -0.2) is 0 Å². The number of rotatable bonds is 0. The van der Waals surface area contributed by atoms with Gasteiger partial charge >= 0.3 is 0 Å². The standard InChI is InChI=1S/C6H12N2O/c1-4-3-7-5(2)6(9)8-4/h4-5,7H,3H2,1-2H3,(H,8,9)/t4-,5+/m0/s1. The first kappa shape index (κ1) is 6.55. The van der Waals surface area contributed by atoms with Gasteiger partial charge in [0.1, 0.15) is 0 Å². The van der Waals surface area contributed by atoms with Crippen LogP contribution in [0.1, 0.15) is 13.8 Å². The second-order valence-electron chi connectivity index (χ2n) is 2.54. The minimum absolute atomic E-state index is 0.0128. The molecule has 1 amide bonds. The van der Waals surface area contributed by atoms with Gasteiger partial charge in [-0.05, 0) is 13.8 Å². The molecule has 0 aromatic rings. The van der Waals surface area contributed by atoms with Crippen molar-refractivity contribution in [2.45, 2.75) is 25.9 Å². The first-order chi connectivity index (χ1) is 4.20. The zero-order valence-corrected chi connectivity index (χ0v) is 5.77. The molecule has 1 heterocycles. The maximum Gasteiger partial charge on any atom is 0.237 e. The molecule has 0 bridgehead atoms. The lowest BCUT2D eigenvalue weighted by Crippen LogP contribution is -2.55. The minimum atomic E-state index is -0.0128. The van der Waals surface area contributed by atoms with Gasteiger partial charge in [0, 0.05) is 12.6 Å². The Kier molecular flexibility index (Phi) is 1.71. The van der Waals surface area contributed by atoms with E-state index in [-0.39, 0.29) is 18.0 Å². The summed E-state index contributed by atoms with van der Waals surface area (Å²) < 4.78 is 0. The molecule has 0 aromatic carbocycles. The normalized spacial score (nSPS) is 36.0. The second kappa shape index (κ2) is 2.35. The number of piperazine rings is 1. The van der Waals surface area contributed by atoms with Crippen molar-refractivity contribution < 1.29 is 4.79 Å². The molecule has 1 fully saturated rings. The van der Waals surface area contributed by atoms with E-state index < -0.39 is 0 Å². The molecule has 1 aliphatic rings. The number of nitrogens with one attached hydrogen (secondary N) is 2. The molecule has 0 aromatic heterocycles. The lowest BCUT2D eigenvalue weighted by atomic mass is 10.2. The molecule has 1 saturated heterocycles. The van der Waals surface area contributed by atoms with Crippen LogP contribution in [0.5, 0.6) is 0 Å². The molecule has 9 heavy (non-hydrogen) atoms. The topological polar surface area (TPSA) is 41.1 Å². The highest BCUT2D eigenvalue weighted by atomic mass is 16.2. The molecule has 2 N–H and O–H groups in total. The predicted molar refractivity (Wildman–Crippen MR) is 35.1 cm³/mol. The molecule has 1 aliphatic heterocycles. The van der Waals surface area contributed by atoms with Crippen molar-refractivity contribution in [3.63, 3.8) is 0 Å². The maximum absolute atomic E-state index is 10.8. The average Bonchev–Trinajstić information content (AvgIpc) is 1.80. The van der Waals surface area contributed by atoms with Gasteiger partial charge in [0.15, 0.2) is 0 Å². The van der Waals surface area contributed by atoms with Gasteiger partial charge in [0.25, 0.3) is 0 Å². The SMILES string of the molecule is C[C@H]1CN[C@H](C)C(=O)N1. The van der Waals surface area contributed by atoms with Gasteiger partial charge in [0.05, 0.1) is 6.04 Å². The van der Waals surface area contributed by atoms with Crippen LogP contribution in [0.2, 0.25) is 0 Å². The minimum Gasteiger partial charge on any atom is -0.351 e. The summed E-state index contributed by atoms with van der Waals surface area (Å²) in [6.45, 7) is 4.73. The summed E-state index contributed by atoms with van der Waals surface area (Å²) in [4.78, 5) is 10.8. The highest BCUT2D eigenvalue weighted by Gasteiger charge is 2.19. The van der Waals surface area contributed by atoms with Crippen LogP contribution in [0.3, 0.4) is 0 Å². The van der Waals surface area contributed by atoms with Crippen LogP contribution in [-0.2, 0) is 4.79 Å². The van der Waals surface area contributed by atoms with Crippen molar-refractivity contribution in [2.24, 2.45) is 0 Å². The zero-order valence-electron chi connectivity index (χ0n) is 5.77. The van der Waals surface area contributed by atoms with Crippen LogP contribution in [0.4, 0.5) is 0 Å². The van der Waals surface area contributed by atoms with E-state index in [0.717, 1.165) is 6.54 Å². The highest BCUT2D eigenvalue weighted by molar-refractivity contribution is 5.82. The Bertz CT molecular complexity index is 124. The third-order valence-electron chi connectivity index (χ3n) is 1.51. The van der Waals surface area contributed by atoms with Crippen molar-refractivity contribution in [1.29, 1.82) is 0 Å². The molecule has 0 unspecified atom stereocenters. The van der Waals surface area contributed by atoms with Gasteiger partial charge in [-0.2, -0.15) is 0 Å². The van der Waals surface area contributed by atoms with E-state index in [2.05, 4.69) is 10.6 Å². The molecule has 0 saturated carbocycles. The summed E-state index contributed by atoms with van der Waals surface area (Å²) in [7, 11) is 0. The summed E-state index contributed by atoms with van der Waals surface area (Å²) in [6, 6.07) is 0.273. The van der Waals surface area contributed by atoms with Gasteiger partial charge in [-0.3, -0.25) is 4.79 Å². The molecule has 0 spiro atoms. The first-order valence-corrected chi connectivity index (χ1v) is 3.24. The lowest BCUT2D eigenvalue weighted by Gasteiger charge is -2.25. The summed E-state index contributed by atoms with van der Waals surface area (Å²) >= 11 is 0. The first-order valence-electron chi connectivity index (χ1n) is 3.24. The van der Waals surface area contributed by atoms with Gasteiger partial charge < -0.3 is 10.6 Å². The fraction of sp³-hybridized carbons (Fsp3) is 0.833. The monoisotopic (exact) mass is 128 g/mol. The van der Waals surface area contributed by atoms with Crippen LogP contribution in [-0.4, -0.2) is 24.5 Å². The van der Waals surface area contributed by atoms with Gasteiger partial charge in [-0.15, -0.1) is 0 Å². The van der Waals surface area contributed by atoms with E-state index in [4.69, 9.17) is 0 Å². The Hall–Kier alpha value is -0.570. The summed E-state index contributed by atoms with van der Waals surface area (Å²) in [5.74, 6) is 0.105. The van der Waals surface area contributed by atoms with Gasteiger partial charge in [0.2, 0.25) is 5.91 Å². The summed E-state index contributed by atoms with van der Waals surface area (Å²) in [5.41, 5.74) is 0. The average molecular weight is 128 g/mol. The van der Waals surface area contributed by atoms with Crippen molar-refractivity contribution in [2.75, 3.05) is 6.54 Å². The molecule has 1 rings (SSSR count). The quantitative estimate of drug-likeness (QED) is 0.461. The van der Waals surface area contributed by atoms with Crippen LogP contribution < -0.4 is 10.6 Å². The smallest absolute Gasteiger partial charge is 0.237 e. The lowest BCUT2D eigenvalue weighted by molar-refractivity contribution is -0.124. The summed E-state index contributed by atoms with van der Waals surface area (Å²) in [6.07, 6.45) is 0. The molecule has 3 nitrogen and oxygen atoms in total. The van der Waals surface area contributed by atoms with Crippen molar-refractivity contribution in [3.05, 3.63) is 0 Å². The van der Waals surface area contributed by atoms with E-state index >= 15 is 0 Å². The molecule has 0 radical (unpaired) electrons. The summed E-state index contributed by atoms with van der Waals surface area (Å²) in [5, 5.41) is 5.90. The number of amides is 1. The third kappa shape index (κ3) is 1.42. The van der Waals surface area contributed by atoms with E-state index in [1.165, 1.54) is 0 Å². The van der Waals surface area contributed by atoms with E-state index in [1.807, 2.05) is 13.8 Å². The number of hydrogen-bond acceptors (Lipinski definition) is 2. The molecule has 52 valence electrons. The fourth-order valence-electron chi connectivity index (χ4n) is 0.865. The van der Waals surface area contributed by atoms with E-state index in [1.54, 1.807) is 0 Å². The zero-order chi connectivity index (χ0) is 6.85. The van der Waals surface area contributed by atoms with Crippen LogP contribution >= 0.6 is 0 Å². The number of carbonyl (C=O) groups is 1. The van der Waals surface area contributed by atoms with E-state index in [0.29, 0.717) is 0 Å². The van der Waals surface area contributed by atoms with Gasteiger partial charge in [-0.1, -0.05) is 0 Å². The second-order valence-corrected chi connectivity index (χ2v) is 2.54. The molecular weight excluding hydrogens is 116 g/mol. The van der Waals surface area contributed by atoms with Crippen LogP contribution in [0.25, 0.3) is 0 Å². The molecule has 0 aliphatic carbocycles. The number of carbonyl (C=O) groups excluding carboxylic acids is 1. The Morgan fingerprint density at radius 3 is 2.67 bits per heavy atom. The van der Waals surface area contributed by atoms with E-state index in [9.17, 15) is 4.79 Å². The Labute approximate surface area is 54.8 Å². The largest absolute Gasteiger partial charge is 0.351 e. The highest BCUT2D eigenvalue weighted by Crippen LogP contribution is 1.91.